The van der Waals surface area contributed by atoms with E-state index >= 15 is 0 Å². The van der Waals surface area contributed by atoms with Crippen LogP contribution < -0.4 is 11.1 Å². The summed E-state index contributed by atoms with van der Waals surface area (Å²) in [7, 11) is 0. The lowest BCUT2D eigenvalue weighted by Crippen LogP contribution is -2.42. The predicted octanol–water partition coefficient (Wildman–Crippen LogP) is 3.44. The number of benzene rings is 2. The summed E-state index contributed by atoms with van der Waals surface area (Å²) in [6, 6.07) is 14.5. The quantitative estimate of drug-likeness (QED) is 0.676. The van der Waals surface area contributed by atoms with E-state index in [-0.39, 0.29) is 23.6 Å². The summed E-state index contributed by atoms with van der Waals surface area (Å²) >= 11 is 3.44. The highest BCUT2D eigenvalue weighted by Crippen LogP contribution is 2.23. The van der Waals surface area contributed by atoms with Gasteiger partial charge in [-0.05, 0) is 42.7 Å². The number of halogens is 1. The number of primary amides is 1. The van der Waals surface area contributed by atoms with Gasteiger partial charge in [-0.1, -0.05) is 46.3 Å². The molecule has 0 aliphatic carbocycles. The average Bonchev–Trinajstić information content (AvgIpc) is 2.73. The van der Waals surface area contributed by atoms with Crippen LogP contribution in [0.25, 0.3) is 6.08 Å². The minimum Gasteiger partial charge on any atom is -0.369 e. The smallest absolute Gasteiger partial charge is 0.255 e. The maximum absolute atomic E-state index is 12.9. The van der Waals surface area contributed by atoms with E-state index in [0.29, 0.717) is 37.2 Å². The first kappa shape index (κ1) is 20.8. The second-order valence-corrected chi connectivity index (χ2v) is 7.71. The monoisotopic (exact) mass is 455 g/mol. The highest BCUT2D eigenvalue weighted by Gasteiger charge is 2.27. The molecule has 0 bridgehead atoms. The molecule has 3 amide bonds. The van der Waals surface area contributed by atoms with Gasteiger partial charge in [-0.2, -0.15) is 0 Å². The van der Waals surface area contributed by atoms with Crippen LogP contribution in [0.4, 0.5) is 5.69 Å². The van der Waals surface area contributed by atoms with Gasteiger partial charge in [0.15, 0.2) is 0 Å². The van der Waals surface area contributed by atoms with Crippen molar-refractivity contribution in [2.75, 3.05) is 18.4 Å². The van der Waals surface area contributed by atoms with Crippen LogP contribution in [0.2, 0.25) is 0 Å². The van der Waals surface area contributed by atoms with Gasteiger partial charge < -0.3 is 16.0 Å². The van der Waals surface area contributed by atoms with Crippen LogP contribution in [0, 0.1) is 5.92 Å². The molecule has 1 fully saturated rings. The molecule has 0 atom stereocenters. The molecule has 150 valence electrons. The third-order valence-corrected chi connectivity index (χ3v) is 5.64. The Kier molecular flexibility index (Phi) is 6.82. The molecule has 2 aromatic carbocycles. The minimum atomic E-state index is -0.326. The summed E-state index contributed by atoms with van der Waals surface area (Å²) in [6.45, 7) is 0.938. The Balaban J connectivity index is 1.69. The van der Waals surface area contributed by atoms with Crippen molar-refractivity contribution >= 4 is 45.4 Å². The number of para-hydroxylation sites is 1. The summed E-state index contributed by atoms with van der Waals surface area (Å²) in [5.74, 6) is -0.995. The van der Waals surface area contributed by atoms with Crippen molar-refractivity contribution in [3.8, 4) is 0 Å². The van der Waals surface area contributed by atoms with Crippen LogP contribution >= 0.6 is 15.9 Å². The fourth-order valence-electron chi connectivity index (χ4n) is 3.27. The highest BCUT2D eigenvalue weighted by molar-refractivity contribution is 9.10. The van der Waals surface area contributed by atoms with Gasteiger partial charge in [-0.3, -0.25) is 14.4 Å². The van der Waals surface area contributed by atoms with E-state index in [0.717, 1.165) is 10.0 Å². The molecular weight excluding hydrogens is 434 g/mol. The molecule has 0 saturated carbocycles. The minimum absolute atomic E-state index is 0.168. The first-order chi connectivity index (χ1) is 14.0. The molecule has 0 spiro atoms. The topological polar surface area (TPSA) is 92.5 Å². The number of hydrogen-bond acceptors (Lipinski definition) is 3. The number of nitrogens with zero attached hydrogens (tertiary/aromatic N) is 1. The molecule has 29 heavy (non-hydrogen) atoms. The molecule has 1 aliphatic heterocycles. The highest BCUT2D eigenvalue weighted by atomic mass is 79.9. The summed E-state index contributed by atoms with van der Waals surface area (Å²) in [6.07, 6.45) is 4.26. The molecule has 7 heteroatoms. The zero-order valence-electron chi connectivity index (χ0n) is 15.8. The van der Waals surface area contributed by atoms with E-state index in [1.54, 1.807) is 35.2 Å². The van der Waals surface area contributed by atoms with Crippen molar-refractivity contribution in [2.24, 2.45) is 11.7 Å². The number of nitrogens with two attached hydrogens (primary N) is 1. The van der Waals surface area contributed by atoms with E-state index in [2.05, 4.69) is 21.2 Å². The lowest BCUT2D eigenvalue weighted by molar-refractivity contribution is -0.123. The van der Waals surface area contributed by atoms with E-state index in [1.807, 2.05) is 24.3 Å². The van der Waals surface area contributed by atoms with Crippen LogP contribution in [-0.2, 0) is 9.59 Å². The first-order valence-corrected chi connectivity index (χ1v) is 10.2. The van der Waals surface area contributed by atoms with Crippen LogP contribution in [0.3, 0.4) is 0 Å². The van der Waals surface area contributed by atoms with Crippen LogP contribution in [-0.4, -0.2) is 35.7 Å². The second kappa shape index (κ2) is 9.52. The Morgan fingerprint density at radius 1 is 1.03 bits per heavy atom. The number of anilines is 1. The molecule has 0 aromatic heterocycles. The summed E-state index contributed by atoms with van der Waals surface area (Å²) < 4.78 is 0.888. The molecule has 1 heterocycles. The second-order valence-electron chi connectivity index (χ2n) is 6.86. The van der Waals surface area contributed by atoms with E-state index in [4.69, 9.17) is 5.73 Å². The molecule has 0 unspecified atom stereocenters. The molecule has 3 N–H and O–H groups in total. The van der Waals surface area contributed by atoms with E-state index < -0.39 is 0 Å². The number of carbonyl (C=O) groups excluding carboxylic acids is 3. The van der Waals surface area contributed by atoms with Gasteiger partial charge in [-0.15, -0.1) is 0 Å². The molecule has 6 nitrogen and oxygen atoms in total. The number of hydrogen-bond donors (Lipinski definition) is 2. The first-order valence-electron chi connectivity index (χ1n) is 9.37. The SMILES string of the molecule is NC(=O)C1CCN(C(=O)c2ccccc2NC(=O)C=Cc2ccccc2Br)CC1. The number of piperidine rings is 1. The van der Waals surface area contributed by atoms with Crippen molar-refractivity contribution in [1.82, 2.24) is 4.90 Å². The van der Waals surface area contributed by atoms with Crippen molar-refractivity contribution in [3.63, 3.8) is 0 Å². The molecule has 1 saturated heterocycles. The number of carbonyl (C=O) groups is 3. The molecule has 3 rings (SSSR count). The Morgan fingerprint density at radius 2 is 1.69 bits per heavy atom. The molecule has 1 aliphatic rings. The summed E-state index contributed by atoms with van der Waals surface area (Å²) in [5, 5.41) is 2.78. The predicted molar refractivity (Wildman–Crippen MR) is 116 cm³/mol. The Labute approximate surface area is 177 Å². The van der Waals surface area contributed by atoms with Gasteiger partial charge in [0.2, 0.25) is 11.8 Å². The van der Waals surface area contributed by atoms with Gasteiger partial charge in [0.1, 0.15) is 0 Å². The zero-order valence-corrected chi connectivity index (χ0v) is 17.4. The standard InChI is InChI=1S/C22H22BrN3O3/c23-18-7-3-1-5-15(18)9-10-20(27)25-19-8-4-2-6-17(19)22(29)26-13-11-16(12-14-26)21(24)28/h1-10,16H,11-14H2,(H2,24,28)(H,25,27). The lowest BCUT2D eigenvalue weighted by Gasteiger charge is -2.31. The molecular formula is C22H22BrN3O3. The fourth-order valence-corrected chi connectivity index (χ4v) is 3.68. The largest absolute Gasteiger partial charge is 0.369 e. The van der Waals surface area contributed by atoms with Crippen molar-refractivity contribution in [3.05, 3.63) is 70.2 Å². The number of amides is 3. The Bertz CT molecular complexity index is 950. The third-order valence-electron chi connectivity index (χ3n) is 4.92. The van der Waals surface area contributed by atoms with Gasteiger partial charge in [0, 0.05) is 29.6 Å². The van der Waals surface area contributed by atoms with Gasteiger partial charge in [0.25, 0.3) is 5.91 Å². The molecule has 0 radical (unpaired) electrons. The fraction of sp³-hybridized carbons (Fsp3) is 0.227. The summed E-state index contributed by atoms with van der Waals surface area (Å²) in [4.78, 5) is 38.3. The Hall–Kier alpha value is -2.93. The third kappa shape index (κ3) is 5.32. The van der Waals surface area contributed by atoms with E-state index in [1.165, 1.54) is 6.08 Å². The van der Waals surface area contributed by atoms with Gasteiger partial charge in [-0.25, -0.2) is 0 Å². The maximum Gasteiger partial charge on any atom is 0.255 e. The van der Waals surface area contributed by atoms with Crippen LogP contribution in [0.15, 0.2) is 59.1 Å². The number of nitrogens with one attached hydrogen (secondary N) is 1. The van der Waals surface area contributed by atoms with Gasteiger partial charge in [0.05, 0.1) is 11.3 Å². The average molecular weight is 456 g/mol. The van der Waals surface area contributed by atoms with Crippen molar-refractivity contribution in [1.29, 1.82) is 0 Å². The van der Waals surface area contributed by atoms with E-state index in [9.17, 15) is 14.4 Å². The summed E-state index contributed by atoms with van der Waals surface area (Å²) in [5.41, 5.74) is 7.12. The lowest BCUT2D eigenvalue weighted by atomic mass is 9.95. The Morgan fingerprint density at radius 3 is 2.38 bits per heavy atom. The van der Waals surface area contributed by atoms with Crippen molar-refractivity contribution in [2.45, 2.75) is 12.8 Å². The van der Waals surface area contributed by atoms with Crippen molar-refractivity contribution < 1.29 is 14.4 Å². The number of rotatable bonds is 5. The van der Waals surface area contributed by atoms with Crippen LogP contribution in [0.1, 0.15) is 28.8 Å². The normalized spacial score (nSPS) is 14.7. The van der Waals surface area contributed by atoms with Gasteiger partial charge >= 0.3 is 0 Å². The van der Waals surface area contributed by atoms with Crippen LogP contribution in [0.5, 0.6) is 0 Å². The molecule has 2 aromatic rings. The number of likely N-dealkylation sites (tertiary alicyclic amines) is 1. The maximum atomic E-state index is 12.9. The zero-order chi connectivity index (χ0) is 20.8.